The molecule has 0 amide bonds. The molecule has 0 aromatic heterocycles. The van der Waals surface area contributed by atoms with Crippen LogP contribution in [0.1, 0.15) is 6.99 Å². The van der Waals surface area contributed by atoms with E-state index in [4.69, 9.17) is 9.90 Å². The predicted octanol–water partition coefficient (Wildman–Crippen LogP) is -0.848. The third kappa shape index (κ3) is 11.6. The SMILES string of the molecule is Cc1ccccc1.O=C(O)CF.[H-].[Na+]. The monoisotopic (exact) mass is 194 g/mol. The van der Waals surface area contributed by atoms with Gasteiger partial charge in [0.1, 0.15) is 0 Å². The van der Waals surface area contributed by atoms with Gasteiger partial charge < -0.3 is 6.53 Å². The fourth-order valence-corrected chi connectivity index (χ4v) is 0.534. The van der Waals surface area contributed by atoms with Crippen LogP contribution in [0.2, 0.25) is 0 Å². The average molecular weight is 194 g/mol. The third-order valence-corrected chi connectivity index (χ3v) is 1.05. The summed E-state index contributed by atoms with van der Waals surface area (Å²) in [5.41, 5.74) is 1.32. The van der Waals surface area contributed by atoms with Gasteiger partial charge in [0.2, 0.25) is 0 Å². The zero-order valence-electron chi connectivity index (χ0n) is 8.83. The average Bonchev–Trinajstić information content (AvgIpc) is 2.07. The van der Waals surface area contributed by atoms with Crippen molar-refractivity contribution in [1.82, 2.24) is 0 Å². The zero-order valence-corrected chi connectivity index (χ0v) is 9.83. The van der Waals surface area contributed by atoms with Gasteiger partial charge in [-0.1, -0.05) is 35.9 Å². The second-order valence-electron chi connectivity index (χ2n) is 2.18. The van der Waals surface area contributed by atoms with E-state index in [0.717, 1.165) is 0 Å². The van der Waals surface area contributed by atoms with E-state index in [2.05, 4.69) is 19.1 Å². The molecular weight excluding hydrogens is 182 g/mol. The van der Waals surface area contributed by atoms with Gasteiger partial charge in [-0.15, -0.1) is 0 Å². The van der Waals surface area contributed by atoms with E-state index in [9.17, 15) is 4.39 Å². The Morgan fingerprint density at radius 2 is 1.85 bits per heavy atom. The van der Waals surface area contributed by atoms with Crippen LogP contribution >= 0.6 is 0 Å². The molecule has 1 rings (SSSR count). The van der Waals surface area contributed by atoms with Crippen molar-refractivity contribution in [2.24, 2.45) is 0 Å². The van der Waals surface area contributed by atoms with Crippen molar-refractivity contribution in [3.63, 3.8) is 0 Å². The van der Waals surface area contributed by atoms with E-state index in [0.29, 0.717) is 0 Å². The Balaban J connectivity index is -0.000000159. The van der Waals surface area contributed by atoms with Crippen molar-refractivity contribution in [1.29, 1.82) is 0 Å². The van der Waals surface area contributed by atoms with Crippen molar-refractivity contribution < 1.29 is 45.3 Å². The van der Waals surface area contributed by atoms with Gasteiger partial charge in [0.05, 0.1) is 0 Å². The smallest absolute Gasteiger partial charge is 1.00 e. The van der Waals surface area contributed by atoms with Gasteiger partial charge in [-0.25, -0.2) is 9.18 Å². The van der Waals surface area contributed by atoms with Crippen molar-refractivity contribution in [2.75, 3.05) is 6.67 Å². The van der Waals surface area contributed by atoms with Gasteiger partial charge in [0.25, 0.3) is 0 Å². The van der Waals surface area contributed by atoms with Gasteiger partial charge >= 0.3 is 35.5 Å². The molecule has 0 heterocycles. The minimum absolute atomic E-state index is 0. The van der Waals surface area contributed by atoms with Crippen LogP contribution in [0.5, 0.6) is 0 Å². The molecule has 0 aliphatic rings. The summed E-state index contributed by atoms with van der Waals surface area (Å²) in [4.78, 5) is 8.99. The standard InChI is InChI=1S/C7H8.C2H3FO2.Na.H/c1-7-5-3-2-4-6-7;3-1-2(4)5;;/h2-6H,1H3;1H2,(H,4,5);;/q;;+1;-1. The molecule has 1 N–H and O–H groups in total. The number of aliphatic carboxylic acids is 1. The van der Waals surface area contributed by atoms with Gasteiger partial charge in [0, 0.05) is 0 Å². The molecule has 4 heteroatoms. The molecule has 13 heavy (non-hydrogen) atoms. The van der Waals surface area contributed by atoms with E-state index >= 15 is 0 Å². The molecule has 0 aliphatic heterocycles. The van der Waals surface area contributed by atoms with Crippen LogP contribution in [-0.4, -0.2) is 17.8 Å². The molecule has 0 aliphatic carbocycles. The van der Waals surface area contributed by atoms with Crippen molar-refractivity contribution in [3.05, 3.63) is 35.9 Å². The summed E-state index contributed by atoms with van der Waals surface area (Å²) in [5, 5.41) is 7.35. The first-order chi connectivity index (χ1) is 5.66. The summed E-state index contributed by atoms with van der Waals surface area (Å²) in [6, 6.07) is 10.3. The van der Waals surface area contributed by atoms with Crippen molar-refractivity contribution in [2.45, 2.75) is 6.92 Å². The topological polar surface area (TPSA) is 37.3 Å². The van der Waals surface area contributed by atoms with Crippen LogP contribution in [-0.2, 0) is 4.79 Å². The molecular formula is C9H12FNaO2. The van der Waals surface area contributed by atoms with Crippen LogP contribution < -0.4 is 29.6 Å². The molecule has 1 aromatic rings. The zero-order chi connectivity index (χ0) is 9.40. The van der Waals surface area contributed by atoms with Crippen LogP contribution in [0, 0.1) is 6.92 Å². The number of hydrogen-bond donors (Lipinski definition) is 1. The van der Waals surface area contributed by atoms with E-state index < -0.39 is 12.6 Å². The maximum Gasteiger partial charge on any atom is 1.00 e. The Kier molecular flexibility index (Phi) is 11.3. The molecule has 0 bridgehead atoms. The Morgan fingerprint density at radius 3 is 2.00 bits per heavy atom. The van der Waals surface area contributed by atoms with Crippen LogP contribution in [0.25, 0.3) is 0 Å². The van der Waals surface area contributed by atoms with E-state index in [1.807, 2.05) is 18.2 Å². The first kappa shape index (κ1) is 15.1. The first-order valence-electron chi connectivity index (χ1n) is 3.46. The number of benzene rings is 1. The number of halogens is 1. The fourth-order valence-electron chi connectivity index (χ4n) is 0.534. The van der Waals surface area contributed by atoms with Gasteiger partial charge in [-0.3, -0.25) is 0 Å². The molecule has 68 valence electrons. The number of carboxylic acids is 1. The van der Waals surface area contributed by atoms with Gasteiger partial charge in [-0.05, 0) is 6.92 Å². The molecule has 0 saturated carbocycles. The van der Waals surface area contributed by atoms with Crippen LogP contribution in [0.4, 0.5) is 4.39 Å². The Morgan fingerprint density at radius 1 is 1.46 bits per heavy atom. The molecule has 2 nitrogen and oxygen atoms in total. The number of carbonyl (C=O) groups is 1. The second kappa shape index (κ2) is 9.71. The predicted molar refractivity (Wildman–Crippen MR) is 45.9 cm³/mol. The third-order valence-electron chi connectivity index (χ3n) is 1.05. The van der Waals surface area contributed by atoms with Gasteiger partial charge in [-0.2, -0.15) is 0 Å². The minimum atomic E-state index is -1.41. The summed E-state index contributed by atoms with van der Waals surface area (Å²) in [6.07, 6.45) is 0. The molecule has 0 unspecified atom stereocenters. The maximum atomic E-state index is 10.5. The van der Waals surface area contributed by atoms with Crippen molar-refractivity contribution in [3.8, 4) is 0 Å². The summed E-state index contributed by atoms with van der Waals surface area (Å²) < 4.78 is 10.5. The second-order valence-corrected chi connectivity index (χ2v) is 2.18. The molecule has 1 aromatic carbocycles. The molecule has 0 atom stereocenters. The summed E-state index contributed by atoms with van der Waals surface area (Å²) in [5.74, 6) is -1.41. The molecule has 0 radical (unpaired) electrons. The normalized spacial score (nSPS) is 7.54. The first-order valence-corrected chi connectivity index (χ1v) is 3.46. The summed E-state index contributed by atoms with van der Waals surface area (Å²) in [7, 11) is 0. The number of carboxylic acid groups (broad SMARTS) is 1. The van der Waals surface area contributed by atoms with Crippen LogP contribution in [0.15, 0.2) is 30.3 Å². The Bertz CT molecular complexity index is 232. The Labute approximate surface area is 101 Å². The number of hydrogen-bond acceptors (Lipinski definition) is 1. The minimum Gasteiger partial charge on any atom is -1.00 e. The number of alkyl halides is 1. The van der Waals surface area contributed by atoms with E-state index in [1.54, 1.807) is 0 Å². The summed E-state index contributed by atoms with van der Waals surface area (Å²) in [6.45, 7) is 0.806. The van der Waals surface area contributed by atoms with Gasteiger partial charge in [0.15, 0.2) is 6.67 Å². The molecule has 0 saturated heterocycles. The quantitative estimate of drug-likeness (QED) is 0.591. The largest absolute Gasteiger partial charge is 1.00 e. The van der Waals surface area contributed by atoms with Crippen LogP contribution in [0.3, 0.4) is 0 Å². The summed E-state index contributed by atoms with van der Waals surface area (Å²) >= 11 is 0. The Hall–Kier alpha value is -0.380. The number of aryl methyl sites for hydroxylation is 1. The van der Waals surface area contributed by atoms with Crippen molar-refractivity contribution >= 4 is 5.97 Å². The fraction of sp³-hybridized carbons (Fsp3) is 0.222. The van der Waals surface area contributed by atoms with E-state index in [-0.39, 0.29) is 31.0 Å². The maximum absolute atomic E-state index is 10.5. The van der Waals surface area contributed by atoms with E-state index in [1.165, 1.54) is 5.56 Å². The number of rotatable bonds is 1. The molecule has 0 spiro atoms. The molecule has 0 fully saturated rings.